The van der Waals surface area contributed by atoms with Gasteiger partial charge in [0.25, 0.3) is 0 Å². The Morgan fingerprint density at radius 2 is 1.83 bits per heavy atom. The molecule has 186 valence electrons. The van der Waals surface area contributed by atoms with Gasteiger partial charge in [0, 0.05) is 28.2 Å². The van der Waals surface area contributed by atoms with Crippen LogP contribution in [0.15, 0.2) is 65.3 Å². The Bertz CT molecular complexity index is 1450. The minimum atomic E-state index is -0.498. The molecule has 4 aromatic rings. The van der Waals surface area contributed by atoms with Gasteiger partial charge in [-0.25, -0.2) is 4.39 Å². The number of furan rings is 1. The van der Waals surface area contributed by atoms with Crippen LogP contribution in [-0.4, -0.2) is 26.7 Å². The van der Waals surface area contributed by atoms with Gasteiger partial charge < -0.3 is 23.9 Å². The molecule has 1 heterocycles. The number of allylic oxidation sites excluding steroid dienone is 1. The van der Waals surface area contributed by atoms with E-state index in [9.17, 15) is 9.18 Å². The number of rotatable bonds is 8. The van der Waals surface area contributed by atoms with E-state index in [0.29, 0.717) is 35.0 Å². The first-order valence-corrected chi connectivity index (χ1v) is 11.5. The number of halogens is 1. The van der Waals surface area contributed by atoms with E-state index in [-0.39, 0.29) is 5.69 Å². The highest BCUT2D eigenvalue weighted by Crippen LogP contribution is 2.42. The van der Waals surface area contributed by atoms with Crippen molar-refractivity contribution in [2.45, 2.75) is 20.8 Å². The molecule has 0 unspecified atom stereocenters. The number of carbonyl (C=O) groups is 1. The van der Waals surface area contributed by atoms with Crippen LogP contribution in [0.3, 0.4) is 0 Å². The monoisotopic (exact) mass is 489 g/mol. The number of ether oxygens (including phenoxy) is 3. The second kappa shape index (κ2) is 10.6. The van der Waals surface area contributed by atoms with Crippen molar-refractivity contribution in [3.63, 3.8) is 0 Å². The van der Waals surface area contributed by atoms with Gasteiger partial charge in [0.1, 0.15) is 17.1 Å². The molecule has 7 heteroatoms. The third-order valence-electron chi connectivity index (χ3n) is 5.93. The van der Waals surface area contributed by atoms with Crippen LogP contribution in [0.5, 0.6) is 17.2 Å². The number of carbonyl (C=O) groups excluding carboxylic acids is 1. The molecule has 1 amide bonds. The van der Waals surface area contributed by atoms with Gasteiger partial charge in [-0.15, -0.1) is 0 Å². The van der Waals surface area contributed by atoms with Gasteiger partial charge in [0.2, 0.25) is 5.91 Å². The van der Waals surface area contributed by atoms with E-state index in [0.717, 1.165) is 27.6 Å². The van der Waals surface area contributed by atoms with Crippen molar-refractivity contribution in [3.8, 4) is 28.4 Å². The molecule has 4 rings (SSSR count). The summed E-state index contributed by atoms with van der Waals surface area (Å²) in [7, 11) is 3.18. The van der Waals surface area contributed by atoms with Crippen molar-refractivity contribution < 1.29 is 27.8 Å². The molecule has 0 saturated carbocycles. The van der Waals surface area contributed by atoms with E-state index in [4.69, 9.17) is 18.6 Å². The first kappa shape index (κ1) is 24.9. The zero-order valence-electron chi connectivity index (χ0n) is 20.9. The van der Waals surface area contributed by atoms with Gasteiger partial charge in [-0.3, -0.25) is 4.79 Å². The topological polar surface area (TPSA) is 69.9 Å². The first-order valence-electron chi connectivity index (χ1n) is 11.5. The number of methoxy groups -OCH3 is 2. The second-order valence-electron chi connectivity index (χ2n) is 8.20. The molecule has 0 atom stereocenters. The predicted octanol–water partition coefficient (Wildman–Crippen LogP) is 7.01. The van der Waals surface area contributed by atoms with Crippen LogP contribution >= 0.6 is 0 Å². The smallest absolute Gasteiger partial charge is 0.248 e. The van der Waals surface area contributed by atoms with Gasteiger partial charge >= 0.3 is 0 Å². The van der Waals surface area contributed by atoms with Crippen molar-refractivity contribution >= 4 is 28.1 Å². The molecule has 6 nitrogen and oxygen atoms in total. The molecule has 1 aromatic heterocycles. The van der Waals surface area contributed by atoms with Gasteiger partial charge in [0.15, 0.2) is 11.5 Å². The summed E-state index contributed by atoms with van der Waals surface area (Å²) in [6, 6.07) is 13.7. The number of para-hydroxylation sites is 1. The van der Waals surface area contributed by atoms with E-state index >= 15 is 0 Å². The Balaban J connectivity index is 1.80. The van der Waals surface area contributed by atoms with Crippen molar-refractivity contribution in [1.29, 1.82) is 0 Å². The lowest BCUT2D eigenvalue weighted by Crippen LogP contribution is -2.10. The van der Waals surface area contributed by atoms with Crippen LogP contribution in [0, 0.1) is 12.7 Å². The fourth-order valence-corrected chi connectivity index (χ4v) is 4.17. The highest BCUT2D eigenvalue weighted by Gasteiger charge is 2.20. The summed E-state index contributed by atoms with van der Waals surface area (Å²) in [4.78, 5) is 12.7. The number of nitrogens with one attached hydrogen (secondary N) is 1. The second-order valence-corrected chi connectivity index (χ2v) is 8.20. The van der Waals surface area contributed by atoms with Gasteiger partial charge in [0.05, 0.1) is 32.8 Å². The summed E-state index contributed by atoms with van der Waals surface area (Å²) in [6.45, 7) is 6.08. The van der Waals surface area contributed by atoms with E-state index < -0.39 is 11.7 Å². The van der Waals surface area contributed by atoms with Crippen LogP contribution in [-0.2, 0) is 4.79 Å². The van der Waals surface area contributed by atoms with E-state index in [2.05, 4.69) is 5.32 Å². The maximum Gasteiger partial charge on any atom is 0.248 e. The molecule has 0 radical (unpaired) electrons. The number of aryl methyl sites for hydroxylation is 1. The number of amides is 1. The number of anilines is 1. The number of hydrogen-bond donors (Lipinski definition) is 1. The summed E-state index contributed by atoms with van der Waals surface area (Å²) in [5, 5.41) is 3.46. The van der Waals surface area contributed by atoms with Crippen molar-refractivity contribution in [2.75, 3.05) is 26.1 Å². The van der Waals surface area contributed by atoms with Gasteiger partial charge in [-0.1, -0.05) is 18.2 Å². The van der Waals surface area contributed by atoms with Crippen molar-refractivity contribution in [3.05, 3.63) is 77.8 Å². The quantitative estimate of drug-likeness (QED) is 0.270. The minimum Gasteiger partial charge on any atom is -0.493 e. The van der Waals surface area contributed by atoms with Crippen molar-refractivity contribution in [1.82, 2.24) is 0 Å². The highest BCUT2D eigenvalue weighted by molar-refractivity contribution is 6.06. The maximum absolute atomic E-state index is 14.0. The van der Waals surface area contributed by atoms with Gasteiger partial charge in [-0.2, -0.15) is 0 Å². The molecule has 0 aliphatic heterocycles. The summed E-state index contributed by atoms with van der Waals surface area (Å²) >= 11 is 0. The summed E-state index contributed by atoms with van der Waals surface area (Å²) in [5.41, 5.74) is 4.79. The Kier molecular flexibility index (Phi) is 7.29. The molecule has 0 fully saturated rings. The molecule has 0 aliphatic rings. The molecule has 0 bridgehead atoms. The molecular formula is C29H28FNO5. The molecular weight excluding hydrogens is 461 g/mol. The van der Waals surface area contributed by atoms with E-state index in [1.165, 1.54) is 18.2 Å². The molecule has 0 aliphatic carbocycles. The van der Waals surface area contributed by atoms with Crippen LogP contribution in [0.25, 0.3) is 27.7 Å². The lowest BCUT2D eigenvalue weighted by Gasteiger charge is -2.15. The molecule has 36 heavy (non-hydrogen) atoms. The standard InChI is InChI=1S/C29H28FNO5/c1-6-35-28-18(3)29-21(22(16-36-29)19-11-12-25(33-4)26(14-19)34-5)15-20(28)17(2)13-27(32)31-24-10-8-7-9-23(24)30/h7-16H,6H2,1-5H3,(H,31,32)/b17-13+. The fourth-order valence-electron chi connectivity index (χ4n) is 4.17. The summed E-state index contributed by atoms with van der Waals surface area (Å²) in [6.07, 6.45) is 3.13. The Hall–Kier alpha value is -4.26. The third-order valence-corrected chi connectivity index (χ3v) is 5.93. The van der Waals surface area contributed by atoms with E-state index in [1.54, 1.807) is 32.6 Å². The zero-order chi connectivity index (χ0) is 25.8. The average Bonchev–Trinajstić information content (AvgIpc) is 3.30. The number of fused-ring (bicyclic) bond motifs is 1. The molecule has 0 spiro atoms. The number of benzene rings is 3. The highest BCUT2D eigenvalue weighted by atomic mass is 19.1. The van der Waals surface area contributed by atoms with E-state index in [1.807, 2.05) is 45.0 Å². The lowest BCUT2D eigenvalue weighted by atomic mass is 9.96. The summed E-state index contributed by atoms with van der Waals surface area (Å²) in [5.74, 6) is 0.926. The normalized spacial score (nSPS) is 11.4. The largest absolute Gasteiger partial charge is 0.493 e. The molecule has 1 N–H and O–H groups in total. The Morgan fingerprint density at radius 1 is 1.08 bits per heavy atom. The fraction of sp³-hybridized carbons (Fsp3) is 0.207. The van der Waals surface area contributed by atoms with Crippen LogP contribution in [0.1, 0.15) is 25.0 Å². The third kappa shape index (κ3) is 4.77. The van der Waals surface area contributed by atoms with Crippen LogP contribution in [0.2, 0.25) is 0 Å². The lowest BCUT2D eigenvalue weighted by molar-refractivity contribution is -0.111. The Labute approximate surface area is 209 Å². The SMILES string of the molecule is CCOc1c(/C(C)=C/C(=O)Nc2ccccc2F)cc2c(-c3ccc(OC)c(OC)c3)coc2c1C. The average molecular weight is 490 g/mol. The Morgan fingerprint density at radius 3 is 2.53 bits per heavy atom. The number of hydrogen-bond acceptors (Lipinski definition) is 5. The first-order chi connectivity index (χ1) is 17.4. The van der Waals surface area contributed by atoms with Crippen molar-refractivity contribution in [2.24, 2.45) is 0 Å². The zero-order valence-corrected chi connectivity index (χ0v) is 20.9. The molecule has 3 aromatic carbocycles. The predicted molar refractivity (Wildman–Crippen MR) is 139 cm³/mol. The van der Waals surface area contributed by atoms with Crippen LogP contribution < -0.4 is 19.5 Å². The maximum atomic E-state index is 14.0. The summed E-state index contributed by atoms with van der Waals surface area (Å²) < 4.78 is 36.8. The minimum absolute atomic E-state index is 0.119. The van der Waals surface area contributed by atoms with Gasteiger partial charge in [-0.05, 0) is 62.2 Å². The van der Waals surface area contributed by atoms with Crippen LogP contribution in [0.4, 0.5) is 10.1 Å². The molecule has 0 saturated heterocycles.